The van der Waals surface area contributed by atoms with E-state index in [0.717, 1.165) is 12.8 Å². The largest absolute Gasteiger partial charge is 0.444 e. The highest BCUT2D eigenvalue weighted by Crippen LogP contribution is 2.17. The van der Waals surface area contributed by atoms with Gasteiger partial charge >= 0.3 is 0 Å². The fraction of sp³-hybridized carbons (Fsp3) is 0.600. The molecule has 0 spiro atoms. The normalized spacial score (nSPS) is 16.3. The van der Waals surface area contributed by atoms with Gasteiger partial charge in [-0.15, -0.1) is 0 Å². The highest BCUT2D eigenvalue weighted by atomic mass is 79.9. The van der Waals surface area contributed by atoms with E-state index in [-0.39, 0.29) is 30.2 Å². The predicted octanol–water partition coefficient (Wildman–Crippen LogP) is 2.95. The molecule has 21 heavy (non-hydrogen) atoms. The quantitative estimate of drug-likeness (QED) is 0.843. The lowest BCUT2D eigenvalue weighted by molar-refractivity contribution is -0.122. The van der Waals surface area contributed by atoms with Crippen LogP contribution in [0.2, 0.25) is 0 Å². The second-order valence-corrected chi connectivity index (χ2v) is 6.30. The van der Waals surface area contributed by atoms with Crippen molar-refractivity contribution in [1.82, 2.24) is 10.2 Å². The van der Waals surface area contributed by atoms with Crippen molar-refractivity contribution in [2.45, 2.75) is 44.6 Å². The standard InChI is InChI=1S/C15H21BrN2O3/c1-18(15(20)12-8-9-13(16)21-12)10-14(19)17-11-6-4-2-3-5-7-11/h8-9,11H,2-7,10H2,1H3,(H,17,19). The Bertz CT molecular complexity index is 493. The van der Waals surface area contributed by atoms with Gasteiger partial charge < -0.3 is 14.6 Å². The molecule has 0 atom stereocenters. The molecular weight excluding hydrogens is 336 g/mol. The second-order valence-electron chi connectivity index (χ2n) is 5.52. The van der Waals surface area contributed by atoms with Gasteiger partial charge in [-0.2, -0.15) is 0 Å². The monoisotopic (exact) mass is 356 g/mol. The summed E-state index contributed by atoms with van der Waals surface area (Å²) in [5.41, 5.74) is 0. The molecule has 0 aliphatic heterocycles. The van der Waals surface area contributed by atoms with Crippen molar-refractivity contribution in [2.75, 3.05) is 13.6 Å². The SMILES string of the molecule is CN(CC(=O)NC1CCCCCC1)C(=O)c1ccc(Br)o1. The number of hydrogen-bond acceptors (Lipinski definition) is 3. The van der Waals surface area contributed by atoms with Crippen molar-refractivity contribution >= 4 is 27.7 Å². The number of furan rings is 1. The maximum absolute atomic E-state index is 12.1. The molecular formula is C15H21BrN2O3. The number of nitrogens with one attached hydrogen (secondary N) is 1. The van der Waals surface area contributed by atoms with Gasteiger partial charge in [0.25, 0.3) is 5.91 Å². The maximum Gasteiger partial charge on any atom is 0.289 e. The third-order valence-electron chi connectivity index (χ3n) is 3.73. The van der Waals surface area contributed by atoms with E-state index in [1.165, 1.54) is 30.6 Å². The Morgan fingerprint density at radius 2 is 1.95 bits per heavy atom. The maximum atomic E-state index is 12.1. The molecule has 1 aromatic heterocycles. The van der Waals surface area contributed by atoms with Crippen LogP contribution >= 0.6 is 15.9 Å². The van der Waals surface area contributed by atoms with Crippen LogP contribution in [0.1, 0.15) is 49.1 Å². The number of halogens is 1. The Labute approximate surface area is 133 Å². The van der Waals surface area contributed by atoms with Gasteiger partial charge in [0.2, 0.25) is 5.91 Å². The van der Waals surface area contributed by atoms with E-state index in [2.05, 4.69) is 21.2 Å². The smallest absolute Gasteiger partial charge is 0.289 e. The molecule has 0 unspecified atom stereocenters. The lowest BCUT2D eigenvalue weighted by Gasteiger charge is -2.19. The molecule has 1 fully saturated rings. The van der Waals surface area contributed by atoms with Crippen LogP contribution in [0, 0.1) is 0 Å². The Kier molecular flexibility index (Phi) is 5.85. The van der Waals surface area contributed by atoms with E-state index in [9.17, 15) is 9.59 Å². The lowest BCUT2D eigenvalue weighted by Crippen LogP contribution is -2.42. The highest BCUT2D eigenvalue weighted by molar-refractivity contribution is 9.10. The van der Waals surface area contributed by atoms with Gasteiger partial charge in [-0.05, 0) is 40.9 Å². The Morgan fingerprint density at radius 1 is 1.29 bits per heavy atom. The summed E-state index contributed by atoms with van der Waals surface area (Å²) in [6.07, 6.45) is 6.90. The van der Waals surface area contributed by atoms with Gasteiger partial charge in [-0.25, -0.2) is 0 Å². The molecule has 2 amide bonds. The summed E-state index contributed by atoms with van der Waals surface area (Å²) in [5.74, 6) is -0.174. The summed E-state index contributed by atoms with van der Waals surface area (Å²) in [6, 6.07) is 3.50. The van der Waals surface area contributed by atoms with E-state index in [1.54, 1.807) is 19.2 Å². The molecule has 0 radical (unpaired) electrons. The summed E-state index contributed by atoms with van der Waals surface area (Å²) in [4.78, 5) is 25.5. The van der Waals surface area contributed by atoms with E-state index < -0.39 is 0 Å². The number of likely N-dealkylation sites (N-methyl/N-ethyl adjacent to an activating group) is 1. The minimum absolute atomic E-state index is 0.0493. The van der Waals surface area contributed by atoms with Gasteiger partial charge in [0, 0.05) is 13.1 Å². The molecule has 0 saturated heterocycles. The molecule has 1 heterocycles. The molecule has 116 valence electrons. The molecule has 1 aliphatic carbocycles. The van der Waals surface area contributed by atoms with Gasteiger partial charge in [0.1, 0.15) is 0 Å². The van der Waals surface area contributed by atoms with Crippen LogP contribution in [-0.2, 0) is 4.79 Å². The summed E-state index contributed by atoms with van der Waals surface area (Å²) in [6.45, 7) is 0.0493. The summed E-state index contributed by atoms with van der Waals surface area (Å²) < 4.78 is 5.71. The van der Waals surface area contributed by atoms with E-state index in [0.29, 0.717) is 4.67 Å². The summed E-state index contributed by atoms with van der Waals surface area (Å²) in [5, 5.41) is 3.03. The van der Waals surface area contributed by atoms with Gasteiger partial charge in [-0.3, -0.25) is 9.59 Å². The third-order valence-corrected chi connectivity index (χ3v) is 4.16. The molecule has 1 aromatic rings. The van der Waals surface area contributed by atoms with Crippen molar-refractivity contribution in [2.24, 2.45) is 0 Å². The van der Waals surface area contributed by atoms with Crippen LogP contribution in [0.15, 0.2) is 21.2 Å². The van der Waals surface area contributed by atoms with E-state index in [4.69, 9.17) is 4.42 Å². The van der Waals surface area contributed by atoms with Crippen molar-refractivity contribution in [3.8, 4) is 0 Å². The van der Waals surface area contributed by atoms with Gasteiger partial charge in [0.05, 0.1) is 6.54 Å². The average Bonchev–Trinajstić information content (AvgIpc) is 2.71. The fourth-order valence-corrected chi connectivity index (χ4v) is 2.91. The number of carbonyl (C=O) groups is 2. The van der Waals surface area contributed by atoms with Gasteiger partial charge in [-0.1, -0.05) is 25.7 Å². The first-order valence-corrected chi connectivity index (χ1v) is 8.15. The average molecular weight is 357 g/mol. The van der Waals surface area contributed by atoms with Crippen LogP contribution in [0.5, 0.6) is 0 Å². The number of nitrogens with zero attached hydrogens (tertiary/aromatic N) is 1. The highest BCUT2D eigenvalue weighted by Gasteiger charge is 2.20. The Morgan fingerprint density at radius 3 is 2.52 bits per heavy atom. The second kappa shape index (κ2) is 7.64. The first-order valence-electron chi connectivity index (χ1n) is 7.36. The van der Waals surface area contributed by atoms with Crippen LogP contribution < -0.4 is 5.32 Å². The zero-order valence-electron chi connectivity index (χ0n) is 12.2. The molecule has 1 N–H and O–H groups in total. The van der Waals surface area contributed by atoms with Crippen molar-refractivity contribution in [1.29, 1.82) is 0 Å². The number of rotatable bonds is 4. The Hall–Kier alpha value is -1.30. The number of carbonyl (C=O) groups excluding carboxylic acids is 2. The first-order chi connectivity index (χ1) is 10.1. The minimum Gasteiger partial charge on any atom is -0.444 e. The zero-order valence-corrected chi connectivity index (χ0v) is 13.8. The Balaban J connectivity index is 1.82. The minimum atomic E-state index is -0.295. The zero-order chi connectivity index (χ0) is 15.2. The first kappa shape index (κ1) is 16.1. The topological polar surface area (TPSA) is 62.6 Å². The molecule has 1 aliphatic rings. The molecule has 1 saturated carbocycles. The predicted molar refractivity (Wildman–Crippen MR) is 83.0 cm³/mol. The van der Waals surface area contributed by atoms with E-state index >= 15 is 0 Å². The van der Waals surface area contributed by atoms with Crippen LogP contribution in [0.25, 0.3) is 0 Å². The molecule has 6 heteroatoms. The number of hydrogen-bond donors (Lipinski definition) is 1. The van der Waals surface area contributed by atoms with Crippen LogP contribution in [0.3, 0.4) is 0 Å². The van der Waals surface area contributed by atoms with Gasteiger partial charge in [0.15, 0.2) is 10.4 Å². The lowest BCUT2D eigenvalue weighted by atomic mass is 10.1. The molecule has 0 bridgehead atoms. The fourth-order valence-electron chi connectivity index (χ4n) is 2.60. The molecule has 5 nitrogen and oxygen atoms in total. The molecule has 2 rings (SSSR count). The van der Waals surface area contributed by atoms with Crippen molar-refractivity contribution in [3.05, 3.63) is 22.6 Å². The van der Waals surface area contributed by atoms with E-state index in [1.807, 2.05) is 0 Å². The van der Waals surface area contributed by atoms with Crippen molar-refractivity contribution < 1.29 is 14.0 Å². The summed E-state index contributed by atoms with van der Waals surface area (Å²) in [7, 11) is 1.60. The van der Waals surface area contributed by atoms with Crippen LogP contribution in [0.4, 0.5) is 0 Å². The summed E-state index contributed by atoms with van der Waals surface area (Å²) >= 11 is 3.16. The van der Waals surface area contributed by atoms with Crippen molar-refractivity contribution in [3.63, 3.8) is 0 Å². The molecule has 0 aromatic carbocycles. The van der Waals surface area contributed by atoms with Crippen LogP contribution in [-0.4, -0.2) is 36.3 Å². The number of amides is 2. The third kappa shape index (κ3) is 4.88.